The molecular weight excluding hydrogens is 319 g/mol. The largest absolute Gasteiger partial charge is 0.349 e. The first-order chi connectivity index (χ1) is 12.2. The second kappa shape index (κ2) is 6.55. The number of aromatic amines is 1. The van der Waals surface area contributed by atoms with Gasteiger partial charge in [0.2, 0.25) is 5.95 Å². The van der Waals surface area contributed by atoms with E-state index < -0.39 is 5.82 Å². The van der Waals surface area contributed by atoms with E-state index in [1.807, 2.05) is 24.3 Å². The van der Waals surface area contributed by atoms with Crippen molar-refractivity contribution >= 4 is 22.9 Å². The highest BCUT2D eigenvalue weighted by Crippen LogP contribution is 2.21. The number of halogens is 1. The Hall–Kier alpha value is -2.89. The van der Waals surface area contributed by atoms with Gasteiger partial charge in [-0.25, -0.2) is 9.37 Å². The zero-order valence-corrected chi connectivity index (χ0v) is 13.7. The zero-order valence-electron chi connectivity index (χ0n) is 13.7. The molecule has 1 fully saturated rings. The van der Waals surface area contributed by atoms with Crippen LogP contribution in [0.15, 0.2) is 48.5 Å². The number of aromatic nitrogens is 2. The lowest BCUT2D eigenvalue weighted by Crippen LogP contribution is -2.45. The molecule has 0 unspecified atom stereocenters. The summed E-state index contributed by atoms with van der Waals surface area (Å²) >= 11 is 0. The molecule has 1 aliphatic rings. The Morgan fingerprint density at radius 1 is 1.12 bits per heavy atom. The summed E-state index contributed by atoms with van der Waals surface area (Å²) in [6.45, 7) is 1.59. The lowest BCUT2D eigenvalue weighted by Gasteiger charge is -2.32. The van der Waals surface area contributed by atoms with Crippen molar-refractivity contribution in [1.29, 1.82) is 0 Å². The Bertz CT molecular complexity index is 866. The molecule has 0 spiro atoms. The van der Waals surface area contributed by atoms with Gasteiger partial charge < -0.3 is 15.2 Å². The molecule has 0 aliphatic carbocycles. The normalized spacial score (nSPS) is 15.5. The Labute approximate surface area is 144 Å². The molecule has 2 aromatic carbocycles. The molecule has 1 aliphatic heterocycles. The summed E-state index contributed by atoms with van der Waals surface area (Å²) in [7, 11) is 0. The number of anilines is 1. The molecule has 0 saturated carbocycles. The van der Waals surface area contributed by atoms with Crippen molar-refractivity contribution in [2.75, 3.05) is 18.0 Å². The quantitative estimate of drug-likeness (QED) is 0.771. The minimum Gasteiger partial charge on any atom is -0.349 e. The molecule has 0 bridgehead atoms. The maximum absolute atomic E-state index is 13.7. The predicted octanol–water partition coefficient (Wildman–Crippen LogP) is 3.10. The van der Waals surface area contributed by atoms with Crippen molar-refractivity contribution in [3.8, 4) is 0 Å². The van der Waals surface area contributed by atoms with E-state index >= 15 is 0 Å². The summed E-state index contributed by atoms with van der Waals surface area (Å²) in [6, 6.07) is 14.1. The summed E-state index contributed by atoms with van der Waals surface area (Å²) in [5, 5.41) is 2.94. The van der Waals surface area contributed by atoms with Crippen LogP contribution in [0.2, 0.25) is 0 Å². The number of benzene rings is 2. The number of nitrogens with one attached hydrogen (secondary N) is 2. The van der Waals surface area contributed by atoms with Gasteiger partial charge in [-0.1, -0.05) is 24.3 Å². The van der Waals surface area contributed by atoms with E-state index in [1.54, 1.807) is 12.1 Å². The van der Waals surface area contributed by atoms with Gasteiger partial charge in [0.25, 0.3) is 5.91 Å². The number of para-hydroxylation sites is 2. The highest BCUT2D eigenvalue weighted by Gasteiger charge is 2.23. The number of hydrogen-bond donors (Lipinski definition) is 2. The molecule has 1 saturated heterocycles. The van der Waals surface area contributed by atoms with Crippen LogP contribution in [-0.4, -0.2) is 35.0 Å². The minimum absolute atomic E-state index is 0.0488. The van der Waals surface area contributed by atoms with Gasteiger partial charge in [-0.05, 0) is 37.1 Å². The van der Waals surface area contributed by atoms with E-state index in [4.69, 9.17) is 0 Å². The Balaban J connectivity index is 1.38. The van der Waals surface area contributed by atoms with Crippen molar-refractivity contribution in [1.82, 2.24) is 15.3 Å². The smallest absolute Gasteiger partial charge is 0.254 e. The summed E-state index contributed by atoms with van der Waals surface area (Å²) in [4.78, 5) is 22.4. The first-order valence-corrected chi connectivity index (χ1v) is 8.46. The monoisotopic (exact) mass is 338 g/mol. The molecule has 3 aromatic rings. The third-order valence-electron chi connectivity index (χ3n) is 4.63. The van der Waals surface area contributed by atoms with Crippen LogP contribution in [0, 0.1) is 5.82 Å². The van der Waals surface area contributed by atoms with Crippen molar-refractivity contribution in [2.45, 2.75) is 18.9 Å². The number of piperidine rings is 1. The van der Waals surface area contributed by atoms with Gasteiger partial charge >= 0.3 is 0 Å². The van der Waals surface area contributed by atoms with Gasteiger partial charge in [-0.2, -0.15) is 0 Å². The van der Waals surface area contributed by atoms with Crippen LogP contribution in [-0.2, 0) is 0 Å². The van der Waals surface area contributed by atoms with E-state index in [2.05, 4.69) is 20.2 Å². The number of fused-ring (bicyclic) bond motifs is 1. The van der Waals surface area contributed by atoms with E-state index in [-0.39, 0.29) is 17.5 Å². The first kappa shape index (κ1) is 15.6. The molecule has 5 nitrogen and oxygen atoms in total. The number of imidazole rings is 1. The molecule has 0 atom stereocenters. The zero-order chi connectivity index (χ0) is 17.2. The topological polar surface area (TPSA) is 61.0 Å². The number of H-pyrrole nitrogens is 1. The molecule has 4 rings (SSSR count). The highest BCUT2D eigenvalue weighted by molar-refractivity contribution is 5.94. The lowest BCUT2D eigenvalue weighted by molar-refractivity contribution is 0.0927. The summed E-state index contributed by atoms with van der Waals surface area (Å²) in [5.74, 6) is 0.0279. The standard InChI is InChI=1S/C19H19FN4O/c20-15-6-2-1-5-14(15)18(25)21-13-9-11-24(12-10-13)19-22-16-7-3-4-8-17(16)23-19/h1-8,13H,9-12H2,(H,21,25)(H,22,23). The average Bonchev–Trinajstić information content (AvgIpc) is 3.07. The van der Waals surface area contributed by atoms with Crippen LogP contribution in [0.5, 0.6) is 0 Å². The molecule has 0 radical (unpaired) electrons. The third-order valence-corrected chi connectivity index (χ3v) is 4.63. The number of nitrogens with zero attached hydrogens (tertiary/aromatic N) is 2. The molecule has 6 heteroatoms. The van der Waals surface area contributed by atoms with Crippen LogP contribution in [0.25, 0.3) is 11.0 Å². The molecule has 1 amide bonds. The number of carbonyl (C=O) groups is 1. The molecule has 2 N–H and O–H groups in total. The molecule has 128 valence electrons. The Kier molecular flexibility index (Phi) is 4.09. The van der Waals surface area contributed by atoms with E-state index in [1.165, 1.54) is 12.1 Å². The van der Waals surface area contributed by atoms with Crippen molar-refractivity contribution < 1.29 is 9.18 Å². The Morgan fingerprint density at radius 2 is 1.84 bits per heavy atom. The summed E-state index contributed by atoms with van der Waals surface area (Å²) in [6.07, 6.45) is 1.61. The number of rotatable bonds is 3. The maximum Gasteiger partial charge on any atom is 0.254 e. The van der Waals surface area contributed by atoms with Crippen LogP contribution in [0.3, 0.4) is 0 Å². The number of carbonyl (C=O) groups excluding carboxylic acids is 1. The van der Waals surface area contributed by atoms with Gasteiger partial charge in [-0.15, -0.1) is 0 Å². The van der Waals surface area contributed by atoms with Gasteiger partial charge in [0, 0.05) is 19.1 Å². The van der Waals surface area contributed by atoms with Gasteiger partial charge in [-0.3, -0.25) is 4.79 Å². The number of amides is 1. The minimum atomic E-state index is -0.486. The maximum atomic E-state index is 13.7. The van der Waals surface area contributed by atoms with Crippen LogP contribution >= 0.6 is 0 Å². The summed E-state index contributed by atoms with van der Waals surface area (Å²) < 4.78 is 13.7. The van der Waals surface area contributed by atoms with E-state index in [9.17, 15) is 9.18 Å². The lowest BCUT2D eigenvalue weighted by atomic mass is 10.0. The van der Waals surface area contributed by atoms with E-state index in [0.717, 1.165) is 42.9 Å². The fourth-order valence-corrected chi connectivity index (χ4v) is 3.23. The second-order valence-electron chi connectivity index (χ2n) is 6.29. The predicted molar refractivity (Wildman–Crippen MR) is 95.2 cm³/mol. The Morgan fingerprint density at radius 3 is 2.60 bits per heavy atom. The fourth-order valence-electron chi connectivity index (χ4n) is 3.23. The van der Waals surface area contributed by atoms with Crippen LogP contribution < -0.4 is 10.2 Å². The molecular formula is C19H19FN4O. The van der Waals surface area contributed by atoms with Crippen LogP contribution in [0.4, 0.5) is 10.3 Å². The van der Waals surface area contributed by atoms with Crippen molar-refractivity contribution in [3.63, 3.8) is 0 Å². The molecule has 25 heavy (non-hydrogen) atoms. The molecule has 1 aromatic heterocycles. The van der Waals surface area contributed by atoms with Crippen molar-refractivity contribution in [3.05, 3.63) is 59.9 Å². The van der Waals surface area contributed by atoms with Gasteiger partial charge in [0.1, 0.15) is 5.82 Å². The first-order valence-electron chi connectivity index (χ1n) is 8.46. The average molecular weight is 338 g/mol. The second-order valence-corrected chi connectivity index (χ2v) is 6.29. The molecule has 2 heterocycles. The van der Waals surface area contributed by atoms with Crippen LogP contribution in [0.1, 0.15) is 23.2 Å². The third kappa shape index (κ3) is 3.20. The van der Waals surface area contributed by atoms with Crippen molar-refractivity contribution in [2.24, 2.45) is 0 Å². The highest BCUT2D eigenvalue weighted by atomic mass is 19.1. The van der Waals surface area contributed by atoms with Gasteiger partial charge in [0.15, 0.2) is 0 Å². The fraction of sp³-hybridized carbons (Fsp3) is 0.263. The van der Waals surface area contributed by atoms with E-state index in [0.29, 0.717) is 0 Å². The summed E-state index contributed by atoms with van der Waals surface area (Å²) in [5.41, 5.74) is 2.07. The number of hydrogen-bond acceptors (Lipinski definition) is 3. The van der Waals surface area contributed by atoms with Gasteiger partial charge in [0.05, 0.1) is 16.6 Å². The SMILES string of the molecule is O=C(NC1CCN(c2nc3ccccc3[nH]2)CC1)c1ccccc1F.